The van der Waals surface area contributed by atoms with E-state index in [1.807, 2.05) is 59.3 Å². The predicted octanol–water partition coefficient (Wildman–Crippen LogP) is 3.93. The van der Waals surface area contributed by atoms with Gasteiger partial charge in [0.2, 0.25) is 5.91 Å². The van der Waals surface area contributed by atoms with Crippen LogP contribution in [0.25, 0.3) is 0 Å². The van der Waals surface area contributed by atoms with Crippen molar-refractivity contribution in [3.05, 3.63) is 114 Å². The van der Waals surface area contributed by atoms with Crippen LogP contribution in [-0.4, -0.2) is 26.1 Å². The molecule has 1 aliphatic rings. The van der Waals surface area contributed by atoms with Crippen molar-refractivity contribution in [2.45, 2.75) is 31.3 Å². The van der Waals surface area contributed by atoms with E-state index in [0.717, 1.165) is 36.0 Å². The van der Waals surface area contributed by atoms with Crippen LogP contribution >= 0.6 is 0 Å². The van der Waals surface area contributed by atoms with E-state index in [1.54, 1.807) is 0 Å². The fourth-order valence-corrected chi connectivity index (χ4v) is 4.46. The van der Waals surface area contributed by atoms with Crippen molar-refractivity contribution < 1.29 is 4.79 Å². The van der Waals surface area contributed by atoms with Crippen LogP contribution in [0.1, 0.15) is 41.8 Å². The molecule has 0 bridgehead atoms. The number of rotatable bonds is 7. The first-order chi connectivity index (χ1) is 15.8. The van der Waals surface area contributed by atoms with Crippen LogP contribution in [0.4, 0.5) is 0 Å². The van der Waals surface area contributed by atoms with Crippen molar-refractivity contribution in [3.8, 4) is 0 Å². The minimum atomic E-state index is -0.788. The zero-order valence-electron chi connectivity index (χ0n) is 17.8. The number of carbonyl (C=O) groups excluding carboxylic acids is 1. The van der Waals surface area contributed by atoms with Gasteiger partial charge >= 0.3 is 0 Å². The van der Waals surface area contributed by atoms with E-state index in [4.69, 9.17) is 0 Å². The molecule has 0 saturated heterocycles. The van der Waals surface area contributed by atoms with Crippen LogP contribution in [-0.2, 0) is 16.9 Å². The third kappa shape index (κ3) is 3.47. The maximum Gasteiger partial charge on any atom is 0.223 e. The van der Waals surface area contributed by atoms with Crippen LogP contribution in [0.15, 0.2) is 91.0 Å². The van der Waals surface area contributed by atoms with Gasteiger partial charge in [-0.05, 0) is 40.0 Å². The van der Waals surface area contributed by atoms with Gasteiger partial charge in [-0.1, -0.05) is 97.4 Å². The number of carbonyl (C=O) groups is 1. The molecule has 6 nitrogen and oxygen atoms in total. The molecule has 32 heavy (non-hydrogen) atoms. The van der Waals surface area contributed by atoms with Crippen molar-refractivity contribution in [2.75, 3.05) is 0 Å². The van der Waals surface area contributed by atoms with Crippen LogP contribution < -0.4 is 5.32 Å². The second kappa shape index (κ2) is 8.75. The van der Waals surface area contributed by atoms with Gasteiger partial charge in [0.1, 0.15) is 5.54 Å². The average molecular weight is 424 g/mol. The maximum atomic E-state index is 12.5. The summed E-state index contributed by atoms with van der Waals surface area (Å²) in [5, 5.41) is 15.9. The van der Waals surface area contributed by atoms with Gasteiger partial charge in [0.05, 0.1) is 6.54 Å². The highest BCUT2D eigenvalue weighted by Gasteiger charge is 2.41. The minimum Gasteiger partial charge on any atom is -0.348 e. The number of amides is 1. The molecule has 1 aliphatic carbocycles. The van der Waals surface area contributed by atoms with Crippen LogP contribution in [0.5, 0.6) is 0 Å². The Morgan fingerprint density at radius 3 is 1.78 bits per heavy atom. The molecule has 5 rings (SSSR count). The van der Waals surface area contributed by atoms with E-state index in [1.165, 1.54) is 0 Å². The third-order valence-corrected chi connectivity index (χ3v) is 6.32. The van der Waals surface area contributed by atoms with E-state index in [0.29, 0.717) is 5.82 Å². The molecule has 4 aromatic rings. The Morgan fingerprint density at radius 1 is 0.844 bits per heavy atom. The maximum absolute atomic E-state index is 12.5. The summed E-state index contributed by atoms with van der Waals surface area (Å²) in [7, 11) is 0. The quantitative estimate of drug-likeness (QED) is 0.457. The Balaban J connectivity index is 1.68. The highest BCUT2D eigenvalue weighted by molar-refractivity contribution is 5.79. The molecule has 0 atom stereocenters. The summed E-state index contributed by atoms with van der Waals surface area (Å²) in [4.78, 5) is 12.5. The van der Waals surface area contributed by atoms with Gasteiger partial charge in [0.25, 0.3) is 0 Å². The summed E-state index contributed by atoms with van der Waals surface area (Å²) in [6, 6.07) is 30.7. The number of nitrogens with one attached hydrogen (secondary N) is 1. The zero-order chi connectivity index (χ0) is 21.8. The molecule has 0 aliphatic heterocycles. The number of hydrogen-bond donors (Lipinski definition) is 1. The van der Waals surface area contributed by atoms with E-state index >= 15 is 0 Å². The number of tetrazole rings is 1. The smallest absolute Gasteiger partial charge is 0.223 e. The third-order valence-electron chi connectivity index (χ3n) is 6.32. The summed E-state index contributed by atoms with van der Waals surface area (Å²) in [5.41, 5.74) is 2.33. The molecule has 0 radical (unpaired) electrons. The standard InChI is InChI=1S/C26H25N5O/c32-25(20-11-10-12-20)27-19-24-28-29-30-31(24)26(21-13-4-1-5-14-21,22-15-6-2-7-16-22)23-17-8-3-9-18-23/h1-9,13-18,20H,10-12,19H2,(H,27,32). The SMILES string of the molecule is O=C(NCc1nnnn1C(c1ccccc1)(c1ccccc1)c1ccccc1)C1CCC1. The zero-order valence-corrected chi connectivity index (χ0v) is 17.8. The molecule has 1 heterocycles. The summed E-state index contributed by atoms with van der Waals surface area (Å²) >= 11 is 0. The Kier molecular flexibility index (Phi) is 5.50. The second-order valence-corrected chi connectivity index (χ2v) is 8.16. The minimum absolute atomic E-state index is 0.0792. The van der Waals surface area contributed by atoms with E-state index in [-0.39, 0.29) is 18.4 Å². The van der Waals surface area contributed by atoms with Crippen molar-refractivity contribution in [3.63, 3.8) is 0 Å². The molecule has 1 amide bonds. The van der Waals surface area contributed by atoms with Gasteiger partial charge in [-0.2, -0.15) is 0 Å². The Morgan fingerprint density at radius 2 is 1.34 bits per heavy atom. The summed E-state index contributed by atoms with van der Waals surface area (Å²) in [6.45, 7) is 0.274. The molecule has 3 aromatic carbocycles. The molecule has 1 fully saturated rings. The van der Waals surface area contributed by atoms with Crippen LogP contribution in [0.3, 0.4) is 0 Å². The van der Waals surface area contributed by atoms with Crippen molar-refractivity contribution in [1.82, 2.24) is 25.5 Å². The number of aromatic nitrogens is 4. The lowest BCUT2D eigenvalue weighted by Gasteiger charge is -2.36. The van der Waals surface area contributed by atoms with Crippen LogP contribution in [0.2, 0.25) is 0 Å². The van der Waals surface area contributed by atoms with E-state index < -0.39 is 5.54 Å². The lowest BCUT2D eigenvalue weighted by molar-refractivity contribution is -0.127. The number of hydrogen-bond acceptors (Lipinski definition) is 4. The predicted molar refractivity (Wildman–Crippen MR) is 122 cm³/mol. The first-order valence-electron chi connectivity index (χ1n) is 11.0. The lowest BCUT2D eigenvalue weighted by Crippen LogP contribution is -2.41. The Labute approximate surface area is 187 Å². The van der Waals surface area contributed by atoms with Gasteiger partial charge in [-0.25, -0.2) is 4.68 Å². The monoisotopic (exact) mass is 423 g/mol. The first-order valence-corrected chi connectivity index (χ1v) is 11.0. The first kappa shape index (κ1) is 20.1. The fraction of sp³-hybridized carbons (Fsp3) is 0.231. The molecule has 160 valence electrons. The average Bonchev–Trinajstić information content (AvgIpc) is 3.28. The highest BCUT2D eigenvalue weighted by atomic mass is 16.1. The van der Waals surface area contributed by atoms with Crippen LogP contribution in [0, 0.1) is 5.92 Å². The van der Waals surface area contributed by atoms with Crippen molar-refractivity contribution >= 4 is 5.91 Å². The second-order valence-electron chi connectivity index (χ2n) is 8.16. The molecule has 1 N–H and O–H groups in total. The molecule has 0 unspecified atom stereocenters. The topological polar surface area (TPSA) is 72.7 Å². The summed E-state index contributed by atoms with van der Waals surface area (Å²) in [6.07, 6.45) is 3.03. The Bertz CT molecular complexity index is 1070. The normalized spacial score (nSPS) is 14.0. The molecule has 0 spiro atoms. The van der Waals surface area contributed by atoms with E-state index in [2.05, 4.69) is 57.2 Å². The number of nitrogens with zero attached hydrogens (tertiary/aromatic N) is 4. The van der Waals surface area contributed by atoms with Gasteiger partial charge in [-0.3, -0.25) is 4.79 Å². The van der Waals surface area contributed by atoms with Gasteiger partial charge in [-0.15, -0.1) is 5.10 Å². The molecule has 1 saturated carbocycles. The number of benzene rings is 3. The largest absolute Gasteiger partial charge is 0.348 e. The Hall–Kier alpha value is -3.80. The fourth-order valence-electron chi connectivity index (χ4n) is 4.46. The molecular formula is C26H25N5O. The summed E-state index contributed by atoms with van der Waals surface area (Å²) < 4.78 is 1.86. The van der Waals surface area contributed by atoms with E-state index in [9.17, 15) is 4.79 Å². The highest BCUT2D eigenvalue weighted by Crippen LogP contribution is 2.40. The van der Waals surface area contributed by atoms with Crippen molar-refractivity contribution in [1.29, 1.82) is 0 Å². The van der Waals surface area contributed by atoms with Gasteiger partial charge < -0.3 is 5.32 Å². The van der Waals surface area contributed by atoms with Crippen molar-refractivity contribution in [2.24, 2.45) is 5.92 Å². The van der Waals surface area contributed by atoms with Gasteiger partial charge in [0.15, 0.2) is 5.82 Å². The van der Waals surface area contributed by atoms with Gasteiger partial charge in [0, 0.05) is 5.92 Å². The molecular weight excluding hydrogens is 398 g/mol. The summed E-state index contributed by atoms with van der Waals surface area (Å²) in [5.74, 6) is 0.797. The molecule has 1 aromatic heterocycles. The lowest BCUT2D eigenvalue weighted by atomic mass is 9.77. The molecule has 6 heteroatoms.